The number of nitrogens with one attached hydrogen (secondary N) is 1. The van der Waals surface area contributed by atoms with Crippen molar-refractivity contribution in [1.82, 2.24) is 19.6 Å². The Balaban J connectivity index is 1.20. The molecule has 3 aliphatic rings. The maximum atomic E-state index is 15.0. The minimum atomic E-state index is -3.85. The zero-order valence-electron chi connectivity index (χ0n) is 32.6. The van der Waals surface area contributed by atoms with Gasteiger partial charge in [-0.2, -0.15) is 0 Å². The van der Waals surface area contributed by atoms with Crippen molar-refractivity contribution in [2.45, 2.75) is 76.7 Å². The van der Waals surface area contributed by atoms with Crippen LogP contribution in [0.15, 0.2) is 66.7 Å². The number of hydrogen-bond donors (Lipinski definition) is 1. The third kappa shape index (κ3) is 8.26. The lowest BCUT2D eigenvalue weighted by atomic mass is 9.77. The number of carbonyl (C=O) groups excluding carboxylic acids is 3. The number of carbonyl (C=O) groups is 3. The molecule has 2 amide bonds. The molecule has 3 fully saturated rings. The maximum absolute atomic E-state index is 15.0. The van der Waals surface area contributed by atoms with Gasteiger partial charge in [0.05, 0.1) is 54.4 Å². The van der Waals surface area contributed by atoms with E-state index in [1.807, 2.05) is 56.5 Å². The molecule has 2 saturated carbocycles. The number of pyridine rings is 1. The highest BCUT2D eigenvalue weighted by Crippen LogP contribution is 2.57. The Morgan fingerprint density at radius 1 is 1.11 bits per heavy atom. The van der Waals surface area contributed by atoms with Crippen LogP contribution < -0.4 is 18.9 Å². The summed E-state index contributed by atoms with van der Waals surface area (Å²) in [6.45, 7) is 9.89. The van der Waals surface area contributed by atoms with Crippen LogP contribution in [0, 0.1) is 22.7 Å². The molecule has 0 bridgehead atoms. The monoisotopic (exact) mass is 834 g/mol. The third-order valence-corrected chi connectivity index (χ3v) is 14.3. The Kier molecular flexibility index (Phi) is 11.2. The predicted octanol–water partition coefficient (Wildman–Crippen LogP) is 7.04. The highest BCUT2D eigenvalue weighted by molar-refractivity contribution is 7.90. The van der Waals surface area contributed by atoms with Gasteiger partial charge in [-0.1, -0.05) is 50.6 Å². The first-order chi connectivity index (χ1) is 27.1. The van der Waals surface area contributed by atoms with Crippen LogP contribution >= 0.6 is 22.9 Å². The molecule has 57 heavy (non-hydrogen) atoms. The summed E-state index contributed by atoms with van der Waals surface area (Å²) >= 11 is 7.85. The van der Waals surface area contributed by atoms with E-state index in [0.29, 0.717) is 41.2 Å². The molecule has 0 spiro atoms. The van der Waals surface area contributed by atoms with Gasteiger partial charge in [0.15, 0.2) is 5.78 Å². The van der Waals surface area contributed by atoms with Gasteiger partial charge in [-0.15, -0.1) is 17.9 Å². The van der Waals surface area contributed by atoms with Crippen LogP contribution in [0.2, 0.25) is 5.02 Å². The van der Waals surface area contributed by atoms with Crippen molar-refractivity contribution in [3.8, 4) is 28.6 Å². The number of likely N-dealkylation sites (tertiary alicyclic amines) is 1. The third-order valence-electron chi connectivity index (χ3n) is 11.4. The molecule has 5 atom stereocenters. The fourth-order valence-electron chi connectivity index (χ4n) is 7.84. The van der Waals surface area contributed by atoms with Gasteiger partial charge >= 0.3 is 0 Å². The number of benzene rings is 2. The van der Waals surface area contributed by atoms with Crippen LogP contribution in [0.1, 0.15) is 57.9 Å². The number of aromatic nitrogens is 2. The number of amides is 2. The molecule has 2 aromatic carbocycles. The summed E-state index contributed by atoms with van der Waals surface area (Å²) < 4.78 is 45.5. The molecule has 15 heteroatoms. The number of allylic oxidation sites excluding steroid dienone is 1. The van der Waals surface area contributed by atoms with E-state index in [1.165, 1.54) is 11.3 Å². The van der Waals surface area contributed by atoms with Gasteiger partial charge in [-0.3, -0.25) is 19.1 Å². The Hall–Kier alpha value is -4.53. The Labute approximate surface area is 342 Å². The fourth-order valence-corrected chi connectivity index (χ4v) is 10.2. The van der Waals surface area contributed by atoms with Gasteiger partial charge in [0.2, 0.25) is 27.7 Å². The molecule has 1 aliphatic heterocycles. The zero-order chi connectivity index (χ0) is 40.9. The summed E-state index contributed by atoms with van der Waals surface area (Å²) in [6.07, 6.45) is 3.93. The number of nitrogens with zero attached hydrogens (tertiary/aromatic N) is 3. The average molecular weight is 835 g/mol. The second-order valence-corrected chi connectivity index (χ2v) is 19.6. The quantitative estimate of drug-likeness (QED) is 0.123. The van der Waals surface area contributed by atoms with E-state index in [4.69, 9.17) is 30.8 Å². The standard InChI is InChI=1S/C42H47ClN4O8S2/c1-7-24-19-42(24,40(50)46-57(51,52)27-13-14-27)20-34(48)33-17-26(55-38-30-16-25(43)12-15-28(30)36(54-6)21-44-38)22-47(33)39(49)31(41(2,3)4)18-37-45-32(23-56-37)29-10-8-9-11-35(29)53-5/h7-12,15-16,21,23-24,26-27,31,33H,1,13-14,17-20,22H2,2-6H3,(H,46,50)/t24-,26-,31-,33+,42-/m1/s1. The highest BCUT2D eigenvalue weighted by Gasteiger charge is 2.61. The summed E-state index contributed by atoms with van der Waals surface area (Å²) in [5, 5.41) is 3.90. The molecular weight excluding hydrogens is 788 g/mol. The SMILES string of the molecule is C=C[C@@H]1C[C@]1(CC(=O)[C@@H]1C[C@@H](Oc2ncc(OC)c3ccc(Cl)cc23)CN1C(=O)[C@@H](Cc1nc(-c2ccccc2OC)cs1)C(C)(C)C)C(=O)NS(=O)(=O)C1CC1. The molecule has 0 radical (unpaired) electrons. The lowest BCUT2D eigenvalue weighted by molar-refractivity contribution is -0.144. The van der Waals surface area contributed by atoms with Crippen molar-refractivity contribution in [2.24, 2.45) is 22.7 Å². The Morgan fingerprint density at radius 3 is 2.51 bits per heavy atom. The van der Waals surface area contributed by atoms with Gasteiger partial charge in [-0.05, 0) is 60.9 Å². The van der Waals surface area contributed by atoms with Gasteiger partial charge in [0, 0.05) is 51.9 Å². The second-order valence-electron chi connectivity index (χ2n) is 16.3. The molecule has 12 nitrogen and oxygen atoms in total. The predicted molar refractivity (Wildman–Crippen MR) is 219 cm³/mol. The molecule has 0 unspecified atom stereocenters. The van der Waals surface area contributed by atoms with Crippen molar-refractivity contribution >= 4 is 61.3 Å². The maximum Gasteiger partial charge on any atom is 0.240 e. The van der Waals surface area contributed by atoms with Crippen molar-refractivity contribution < 1.29 is 37.0 Å². The molecule has 4 aromatic rings. The molecule has 7 rings (SSSR count). The van der Waals surface area contributed by atoms with Crippen LogP contribution in [0.3, 0.4) is 0 Å². The van der Waals surface area contributed by atoms with Gasteiger partial charge in [0.25, 0.3) is 0 Å². The van der Waals surface area contributed by atoms with E-state index in [1.54, 1.807) is 43.5 Å². The molecule has 3 heterocycles. The van der Waals surface area contributed by atoms with Crippen LogP contribution in [0.25, 0.3) is 22.0 Å². The van der Waals surface area contributed by atoms with E-state index in [0.717, 1.165) is 21.7 Å². The largest absolute Gasteiger partial charge is 0.496 e. The summed E-state index contributed by atoms with van der Waals surface area (Å²) in [6, 6.07) is 11.9. The molecule has 2 aromatic heterocycles. The Morgan fingerprint density at radius 2 is 1.84 bits per heavy atom. The van der Waals surface area contributed by atoms with Crippen molar-refractivity contribution in [2.75, 3.05) is 20.8 Å². The summed E-state index contributed by atoms with van der Waals surface area (Å²) in [5.74, 6) is -0.798. The zero-order valence-corrected chi connectivity index (χ0v) is 35.0. The molecule has 1 N–H and O–H groups in total. The van der Waals surface area contributed by atoms with E-state index >= 15 is 0 Å². The lowest BCUT2D eigenvalue weighted by Gasteiger charge is -2.35. The summed E-state index contributed by atoms with van der Waals surface area (Å²) in [4.78, 5) is 54.3. The van der Waals surface area contributed by atoms with Crippen LogP contribution in [0.4, 0.5) is 0 Å². The first-order valence-electron chi connectivity index (χ1n) is 19.0. The van der Waals surface area contributed by atoms with E-state index in [2.05, 4.69) is 16.3 Å². The van der Waals surface area contributed by atoms with Gasteiger partial charge < -0.3 is 19.1 Å². The molecule has 302 valence electrons. The normalized spacial score (nSPS) is 22.5. The van der Waals surface area contributed by atoms with Crippen LogP contribution in [0.5, 0.6) is 17.4 Å². The summed E-state index contributed by atoms with van der Waals surface area (Å²) in [5.41, 5.74) is -0.248. The van der Waals surface area contributed by atoms with Crippen molar-refractivity contribution in [3.63, 3.8) is 0 Å². The number of ether oxygens (including phenoxy) is 3. The number of rotatable bonds is 15. The number of para-hydroxylation sites is 1. The number of ketones is 1. The number of thiazole rings is 1. The van der Waals surface area contributed by atoms with Crippen molar-refractivity contribution in [3.05, 3.63) is 76.7 Å². The van der Waals surface area contributed by atoms with Gasteiger partial charge in [-0.25, -0.2) is 18.4 Å². The highest BCUT2D eigenvalue weighted by atomic mass is 35.5. The molecular formula is C42H47ClN4O8S2. The first kappa shape index (κ1) is 40.7. The number of hydrogen-bond acceptors (Lipinski definition) is 11. The second kappa shape index (κ2) is 15.7. The minimum Gasteiger partial charge on any atom is -0.496 e. The average Bonchev–Trinajstić information content (AvgIpc) is 4.07. The van der Waals surface area contributed by atoms with Crippen molar-refractivity contribution in [1.29, 1.82) is 0 Å². The van der Waals surface area contributed by atoms with Crippen LogP contribution in [-0.4, -0.2) is 79.0 Å². The fraction of sp³-hybridized carbons (Fsp3) is 0.452. The van der Waals surface area contributed by atoms with E-state index in [9.17, 15) is 22.8 Å². The lowest BCUT2D eigenvalue weighted by Crippen LogP contribution is -2.48. The number of Topliss-reactive ketones (excluding diaryl/α,β-unsaturated/α-hetero) is 1. The van der Waals surface area contributed by atoms with E-state index < -0.39 is 56.0 Å². The molecule has 2 aliphatic carbocycles. The number of methoxy groups -OCH3 is 2. The number of halogens is 1. The smallest absolute Gasteiger partial charge is 0.240 e. The number of fused-ring (bicyclic) bond motifs is 1. The van der Waals surface area contributed by atoms with Gasteiger partial charge in [0.1, 0.15) is 17.6 Å². The first-order valence-corrected chi connectivity index (χ1v) is 21.8. The Bertz CT molecular complexity index is 2340. The number of sulfonamides is 1. The minimum absolute atomic E-state index is 0.0715. The van der Waals surface area contributed by atoms with Crippen LogP contribution in [-0.2, 0) is 30.8 Å². The summed E-state index contributed by atoms with van der Waals surface area (Å²) in [7, 11) is -0.699. The molecule has 1 saturated heterocycles. The van der Waals surface area contributed by atoms with E-state index in [-0.39, 0.29) is 43.4 Å². The topological polar surface area (TPSA) is 154 Å².